The molecule has 8 aromatic carbocycles. The van der Waals surface area contributed by atoms with Gasteiger partial charge in [-0.25, -0.2) is 0 Å². The fourth-order valence-electron chi connectivity index (χ4n) is 9.82. The molecule has 0 saturated carbocycles. The van der Waals surface area contributed by atoms with Crippen molar-refractivity contribution in [3.8, 4) is 33.6 Å². The van der Waals surface area contributed by atoms with Crippen LogP contribution in [0.4, 0.5) is 0 Å². The SMILES string of the molecule is [B]c1c([B])c([B])c2c(c1[B])c1c([B])c(-c3c([B])c([B])c4c(c3[B])c3c([B])c([B])c([B])c([B])c3n4-c3cccc4c3sc3c(-c5ccccc5)cccc34)c([B])c([B])c1n2-c1ccccc1. The molecule has 0 fully saturated rings. The molecule has 0 unspecified atom stereocenters. The molecule has 28 radical (unpaired) electrons. The summed E-state index contributed by atoms with van der Waals surface area (Å²) in [5.41, 5.74) is 7.09. The van der Waals surface area contributed by atoms with Crippen LogP contribution >= 0.6 is 11.3 Å². The molecule has 11 aromatic rings. The first-order valence-corrected chi connectivity index (χ1v) is 21.2. The minimum Gasteiger partial charge on any atom is -0.311 e. The Morgan fingerprint density at radius 1 is 0.308 bits per heavy atom. The van der Waals surface area contributed by atoms with Gasteiger partial charge in [0.15, 0.2) is 0 Å². The molecule has 3 aromatic heterocycles. The molecule has 2 nitrogen and oxygen atoms in total. The normalized spacial score (nSPS) is 11.9. The third-order valence-corrected chi connectivity index (χ3v) is 14.2. The monoisotopic (exact) mass is 806 g/mol. The number of aromatic nitrogens is 2. The highest BCUT2D eigenvalue weighted by atomic mass is 32.1. The number of para-hydroxylation sites is 1. The fourth-order valence-corrected chi connectivity index (χ4v) is 11.2. The van der Waals surface area contributed by atoms with Crippen molar-refractivity contribution in [2.45, 2.75) is 0 Å². The number of benzene rings is 8. The maximum atomic E-state index is 7.43. The number of fused-ring (bicyclic) bond motifs is 9. The molecule has 0 N–H and O–H groups in total. The molecular weight excluding hydrogens is 788 g/mol. The smallest absolute Gasteiger partial charge is 0.115 e. The van der Waals surface area contributed by atoms with Gasteiger partial charge >= 0.3 is 0 Å². The molecule has 17 heteroatoms. The second-order valence-corrected chi connectivity index (χ2v) is 17.3. The van der Waals surface area contributed by atoms with Crippen molar-refractivity contribution in [2.24, 2.45) is 0 Å². The summed E-state index contributed by atoms with van der Waals surface area (Å²) in [6.07, 6.45) is 0. The average Bonchev–Trinajstić information content (AvgIpc) is 4.01. The van der Waals surface area contributed by atoms with E-state index in [-0.39, 0.29) is 87.6 Å². The Morgan fingerprint density at radius 3 is 1.22 bits per heavy atom. The van der Waals surface area contributed by atoms with Crippen LogP contribution in [0.5, 0.6) is 0 Å². The zero-order valence-corrected chi connectivity index (χ0v) is 35.4. The molecule has 0 atom stereocenters. The Balaban J connectivity index is 1.30. The van der Waals surface area contributed by atoms with E-state index in [1.54, 1.807) is 11.3 Å². The van der Waals surface area contributed by atoms with E-state index in [0.29, 0.717) is 49.3 Å². The predicted octanol–water partition coefficient (Wildman–Crippen LogP) is -3.30. The standard InChI is InChI=1S/C48H16B14N2S/c49-29-23(31(51)39(59)43-25(29)27-33(53)35(55)37(57)41(61)44(27)63(43)18-11-5-2-6-12-18)24-30(50)26-28-34(54)36(56)38(58)42(62)46(28)64(45(26)40(60)32(24)52)22-16-8-15-21-20-14-7-13-19(47(20)65-48(21)22)17-9-3-1-4-10-17/h1-16H. The van der Waals surface area contributed by atoms with Gasteiger partial charge in [-0.05, 0) is 51.2 Å². The van der Waals surface area contributed by atoms with Crippen LogP contribution in [0.2, 0.25) is 0 Å². The summed E-state index contributed by atoms with van der Waals surface area (Å²) in [4.78, 5) is 0. The van der Waals surface area contributed by atoms with E-state index in [1.165, 1.54) is 0 Å². The van der Waals surface area contributed by atoms with E-state index in [1.807, 2.05) is 69.8 Å². The van der Waals surface area contributed by atoms with Crippen LogP contribution in [-0.4, -0.2) is 119 Å². The fraction of sp³-hybridized carbons (Fsp3) is 0. The van der Waals surface area contributed by atoms with Gasteiger partial charge < -0.3 is 9.13 Å². The third-order valence-electron chi connectivity index (χ3n) is 12.9. The zero-order valence-electron chi connectivity index (χ0n) is 34.6. The van der Waals surface area contributed by atoms with Crippen LogP contribution < -0.4 is 76.5 Å². The second kappa shape index (κ2) is 15.0. The number of rotatable bonds is 4. The van der Waals surface area contributed by atoms with Crippen LogP contribution in [0.3, 0.4) is 0 Å². The first-order valence-electron chi connectivity index (χ1n) is 20.4. The summed E-state index contributed by atoms with van der Waals surface area (Å²) in [5, 5.41) is 3.62. The van der Waals surface area contributed by atoms with Gasteiger partial charge in [-0.3, -0.25) is 0 Å². The lowest BCUT2D eigenvalue weighted by atomic mass is 9.61. The van der Waals surface area contributed by atoms with Gasteiger partial charge in [0, 0.05) is 54.0 Å². The summed E-state index contributed by atoms with van der Waals surface area (Å²) in [6.45, 7) is 0. The Kier molecular flexibility index (Phi) is 9.73. The molecule has 266 valence electrons. The van der Waals surface area contributed by atoms with Crippen LogP contribution in [-0.2, 0) is 0 Å². The summed E-state index contributed by atoms with van der Waals surface area (Å²) >= 11 is 1.63. The van der Waals surface area contributed by atoms with Crippen molar-refractivity contribution >= 4 is 261 Å². The Morgan fingerprint density at radius 2 is 0.708 bits per heavy atom. The highest BCUT2D eigenvalue weighted by molar-refractivity contribution is 7.26. The molecule has 0 amide bonds. The first-order chi connectivity index (χ1) is 31.2. The van der Waals surface area contributed by atoms with Crippen LogP contribution in [0, 0.1) is 0 Å². The average molecular weight is 804 g/mol. The molecule has 0 aliphatic heterocycles. The van der Waals surface area contributed by atoms with Crippen molar-refractivity contribution in [3.63, 3.8) is 0 Å². The van der Waals surface area contributed by atoms with Crippen molar-refractivity contribution < 1.29 is 0 Å². The Bertz CT molecular complexity index is 3930. The molecule has 3 heterocycles. The van der Waals surface area contributed by atoms with Crippen molar-refractivity contribution in [3.05, 3.63) is 97.1 Å². The first kappa shape index (κ1) is 42.1. The second-order valence-electron chi connectivity index (χ2n) is 16.2. The number of nitrogens with zero attached hydrogens (tertiary/aromatic N) is 2. The Hall–Kier alpha value is -5.51. The van der Waals surface area contributed by atoms with Crippen molar-refractivity contribution in [1.29, 1.82) is 0 Å². The van der Waals surface area contributed by atoms with Gasteiger partial charge in [-0.2, -0.15) is 0 Å². The van der Waals surface area contributed by atoms with Crippen molar-refractivity contribution in [1.82, 2.24) is 9.13 Å². The molecule has 65 heavy (non-hydrogen) atoms. The van der Waals surface area contributed by atoms with E-state index in [9.17, 15) is 0 Å². The highest BCUT2D eigenvalue weighted by Gasteiger charge is 2.29. The lowest BCUT2D eigenvalue weighted by Crippen LogP contribution is -2.48. The minimum absolute atomic E-state index is 0.0483. The number of thiophene rings is 1. The number of hydrogen-bond donors (Lipinski definition) is 0. The lowest BCUT2D eigenvalue weighted by molar-refractivity contribution is 1.19. The van der Waals surface area contributed by atoms with E-state index in [0.717, 1.165) is 37.0 Å². The van der Waals surface area contributed by atoms with Crippen LogP contribution in [0.1, 0.15) is 0 Å². The summed E-state index contributed by atoms with van der Waals surface area (Å²) in [5.74, 6) is 0. The quantitative estimate of drug-likeness (QED) is 0.165. The predicted molar refractivity (Wildman–Crippen MR) is 294 cm³/mol. The Labute approximate surface area is 398 Å². The maximum absolute atomic E-state index is 7.43. The molecule has 0 aliphatic rings. The third kappa shape index (κ3) is 5.60. The summed E-state index contributed by atoms with van der Waals surface area (Å²) < 4.78 is 5.74. The zero-order chi connectivity index (χ0) is 45.7. The van der Waals surface area contributed by atoms with Gasteiger partial charge in [0.2, 0.25) is 0 Å². The van der Waals surface area contributed by atoms with E-state index < -0.39 is 0 Å². The van der Waals surface area contributed by atoms with Gasteiger partial charge in [0.05, 0.1) is 10.4 Å². The molecule has 0 spiro atoms. The molecule has 0 bridgehead atoms. The van der Waals surface area contributed by atoms with Gasteiger partial charge in [0.25, 0.3) is 0 Å². The summed E-state index contributed by atoms with van der Waals surface area (Å²) in [7, 11) is 97.2. The molecule has 0 saturated heterocycles. The highest BCUT2D eigenvalue weighted by Crippen LogP contribution is 2.43. The van der Waals surface area contributed by atoms with E-state index in [4.69, 9.17) is 110 Å². The molecule has 11 rings (SSSR count). The van der Waals surface area contributed by atoms with Gasteiger partial charge in [-0.15, -0.1) is 33.2 Å². The summed E-state index contributed by atoms with van der Waals surface area (Å²) in [6, 6.07) is 31.9. The van der Waals surface area contributed by atoms with Crippen LogP contribution in [0.15, 0.2) is 97.1 Å². The largest absolute Gasteiger partial charge is 0.311 e. The minimum atomic E-state index is 0.0483. The number of hydrogen-bond acceptors (Lipinski definition) is 1. The van der Waals surface area contributed by atoms with Crippen LogP contribution in [0.25, 0.3) is 97.4 Å². The molecular formula is C48H16B14N2S. The van der Waals surface area contributed by atoms with E-state index in [2.05, 4.69) is 36.4 Å². The van der Waals surface area contributed by atoms with Crippen molar-refractivity contribution in [2.75, 3.05) is 0 Å². The van der Waals surface area contributed by atoms with Gasteiger partial charge in [-0.1, -0.05) is 133 Å². The maximum Gasteiger partial charge on any atom is 0.115 e. The topological polar surface area (TPSA) is 9.86 Å². The van der Waals surface area contributed by atoms with Gasteiger partial charge in [0.1, 0.15) is 110 Å². The lowest BCUT2D eigenvalue weighted by Gasteiger charge is -2.25. The molecule has 0 aliphatic carbocycles. The van der Waals surface area contributed by atoms with E-state index >= 15 is 0 Å².